The topological polar surface area (TPSA) is 0 Å². The van der Waals surface area contributed by atoms with E-state index in [1.807, 2.05) is 5.57 Å². The number of hydrogen-bond donors (Lipinski definition) is 0. The van der Waals surface area contributed by atoms with Crippen molar-refractivity contribution >= 4 is 16.3 Å². The molecule has 0 heterocycles. The first-order valence-electron chi connectivity index (χ1n) is 6.85. The second-order valence-corrected chi connectivity index (χ2v) is 8.72. The summed E-state index contributed by atoms with van der Waals surface area (Å²) >= 11 is 2.19. The lowest BCUT2D eigenvalue weighted by atomic mass is 9.53. The molecule has 1 spiro atoms. The molecule has 2 bridgehead atoms. The second kappa shape index (κ2) is 2.99. The Kier molecular flexibility index (Phi) is 2.12. The molecule has 16 heavy (non-hydrogen) atoms. The summed E-state index contributed by atoms with van der Waals surface area (Å²) in [6, 6.07) is 0. The lowest BCUT2D eigenvalue weighted by molar-refractivity contribution is 0.0905. The second-order valence-electron chi connectivity index (χ2n) is 7.67. The van der Waals surface area contributed by atoms with Crippen LogP contribution in [-0.2, 0) is 0 Å². The molecule has 3 unspecified atom stereocenters. The standard InChI is InChI=1S/C15H23.Al.H/c1-13(2)8-5-6-12-14(3,4)11-7-9-15(12,13)10-11;;/h5-6,11H,7-10H2,1-4H3;;. The lowest BCUT2D eigenvalue weighted by Gasteiger charge is -2.53. The molecule has 0 aromatic rings. The SMILES string of the molecule is CC1(C)C2=C[CH]([AlH])CC(C)(C)C23CCC1C3. The average Bonchev–Trinajstić information content (AvgIpc) is 2.63. The van der Waals surface area contributed by atoms with E-state index in [1.165, 1.54) is 25.7 Å². The fourth-order valence-corrected chi connectivity index (χ4v) is 6.20. The molecule has 0 nitrogen and oxygen atoms in total. The van der Waals surface area contributed by atoms with Crippen LogP contribution in [0.4, 0.5) is 0 Å². The van der Waals surface area contributed by atoms with Gasteiger partial charge in [0.25, 0.3) is 0 Å². The quantitative estimate of drug-likeness (QED) is 0.438. The van der Waals surface area contributed by atoms with E-state index in [9.17, 15) is 0 Å². The van der Waals surface area contributed by atoms with Gasteiger partial charge in [-0.3, -0.25) is 0 Å². The Hall–Kier alpha value is 0.272. The van der Waals surface area contributed by atoms with Crippen molar-refractivity contribution in [2.75, 3.05) is 0 Å². The van der Waals surface area contributed by atoms with Crippen LogP contribution < -0.4 is 0 Å². The summed E-state index contributed by atoms with van der Waals surface area (Å²) in [5.41, 5.74) is 3.45. The molecule has 1 radical (unpaired) electrons. The van der Waals surface area contributed by atoms with Crippen molar-refractivity contribution in [2.45, 2.75) is 58.2 Å². The van der Waals surface area contributed by atoms with E-state index < -0.39 is 0 Å². The van der Waals surface area contributed by atoms with E-state index >= 15 is 0 Å². The zero-order valence-corrected chi connectivity index (χ0v) is 12.7. The Bertz CT molecular complexity index is 364. The summed E-state index contributed by atoms with van der Waals surface area (Å²) in [6.07, 6.45) is 8.48. The molecule has 0 aromatic carbocycles. The molecule has 87 valence electrons. The van der Waals surface area contributed by atoms with Gasteiger partial charge in [0.15, 0.2) is 16.3 Å². The van der Waals surface area contributed by atoms with E-state index in [1.54, 1.807) is 0 Å². The third-order valence-electron chi connectivity index (χ3n) is 6.22. The number of hydrogen-bond acceptors (Lipinski definition) is 0. The van der Waals surface area contributed by atoms with E-state index in [0.717, 1.165) is 10.7 Å². The first-order chi connectivity index (χ1) is 7.30. The van der Waals surface area contributed by atoms with Crippen LogP contribution in [0.1, 0.15) is 53.4 Å². The summed E-state index contributed by atoms with van der Waals surface area (Å²) in [5, 5.41) is 0. The van der Waals surface area contributed by atoms with Crippen molar-refractivity contribution in [3.63, 3.8) is 0 Å². The molecule has 0 N–H and O–H groups in total. The first kappa shape index (κ1) is 11.4. The van der Waals surface area contributed by atoms with Gasteiger partial charge in [0.2, 0.25) is 0 Å². The molecule has 0 aliphatic heterocycles. The molecule has 0 amide bonds. The van der Waals surface area contributed by atoms with Crippen molar-refractivity contribution in [3.05, 3.63) is 11.6 Å². The maximum atomic E-state index is 2.66. The Morgan fingerprint density at radius 3 is 2.56 bits per heavy atom. The molecule has 3 aliphatic carbocycles. The molecular weight excluding hydrogens is 207 g/mol. The maximum Gasteiger partial charge on any atom is 0.184 e. The summed E-state index contributed by atoms with van der Waals surface area (Å²) in [7, 11) is 0. The van der Waals surface area contributed by atoms with Crippen LogP contribution in [0.3, 0.4) is 0 Å². The summed E-state index contributed by atoms with van der Waals surface area (Å²) < 4.78 is 0.814. The van der Waals surface area contributed by atoms with E-state index in [0.29, 0.717) is 16.2 Å². The zero-order valence-electron chi connectivity index (χ0n) is 11.3. The van der Waals surface area contributed by atoms with Gasteiger partial charge in [-0.15, -0.1) is 0 Å². The van der Waals surface area contributed by atoms with Gasteiger partial charge in [-0.2, -0.15) is 0 Å². The van der Waals surface area contributed by atoms with Crippen LogP contribution >= 0.6 is 0 Å². The van der Waals surface area contributed by atoms with Gasteiger partial charge in [-0.25, -0.2) is 0 Å². The molecule has 3 rings (SSSR count). The van der Waals surface area contributed by atoms with Gasteiger partial charge >= 0.3 is 0 Å². The Morgan fingerprint density at radius 2 is 1.88 bits per heavy atom. The summed E-state index contributed by atoms with van der Waals surface area (Å²) in [6.45, 7) is 10.1. The molecule has 1 heteroatoms. The molecular formula is C15H24Al. The molecule has 2 fully saturated rings. The van der Waals surface area contributed by atoms with Crippen LogP contribution in [0.25, 0.3) is 0 Å². The van der Waals surface area contributed by atoms with E-state index in [2.05, 4.69) is 50.1 Å². The minimum Gasteiger partial charge on any atom is -0.0957 e. The Labute approximate surface area is 108 Å². The predicted molar refractivity (Wildman–Crippen MR) is 70.9 cm³/mol. The highest BCUT2D eigenvalue weighted by Gasteiger charge is 2.64. The van der Waals surface area contributed by atoms with Crippen LogP contribution in [0, 0.1) is 22.2 Å². The first-order valence-corrected chi connectivity index (χ1v) is 7.67. The van der Waals surface area contributed by atoms with Gasteiger partial charge in [0.05, 0.1) is 0 Å². The molecule has 0 aromatic heterocycles. The van der Waals surface area contributed by atoms with Crippen LogP contribution in [0.5, 0.6) is 0 Å². The van der Waals surface area contributed by atoms with E-state index in [4.69, 9.17) is 0 Å². The summed E-state index contributed by atoms with van der Waals surface area (Å²) in [4.78, 5) is 0. The highest BCUT2D eigenvalue weighted by atomic mass is 27.0. The van der Waals surface area contributed by atoms with Crippen molar-refractivity contribution in [3.8, 4) is 0 Å². The Balaban J connectivity index is 2.18. The van der Waals surface area contributed by atoms with Crippen molar-refractivity contribution in [2.24, 2.45) is 22.2 Å². The number of allylic oxidation sites excluding steroid dienone is 2. The van der Waals surface area contributed by atoms with Crippen LogP contribution in [-0.4, -0.2) is 16.3 Å². The fourth-order valence-electron chi connectivity index (χ4n) is 5.24. The smallest absolute Gasteiger partial charge is 0.0957 e. The highest BCUT2D eigenvalue weighted by molar-refractivity contribution is 6.13. The summed E-state index contributed by atoms with van der Waals surface area (Å²) in [5.74, 6) is 0.964. The van der Waals surface area contributed by atoms with Crippen molar-refractivity contribution < 1.29 is 0 Å². The van der Waals surface area contributed by atoms with Gasteiger partial charge < -0.3 is 0 Å². The molecule has 3 aliphatic rings. The third kappa shape index (κ3) is 1.13. The lowest BCUT2D eigenvalue weighted by Crippen LogP contribution is -2.42. The van der Waals surface area contributed by atoms with Gasteiger partial charge in [0.1, 0.15) is 0 Å². The Morgan fingerprint density at radius 1 is 1.19 bits per heavy atom. The van der Waals surface area contributed by atoms with Crippen LogP contribution in [0.2, 0.25) is 4.78 Å². The van der Waals surface area contributed by atoms with E-state index in [-0.39, 0.29) is 0 Å². The average molecular weight is 231 g/mol. The normalized spacial score (nSPS) is 47.6. The zero-order chi connectivity index (χ0) is 11.8. The monoisotopic (exact) mass is 231 g/mol. The molecule has 0 saturated heterocycles. The van der Waals surface area contributed by atoms with Crippen LogP contribution in [0.15, 0.2) is 11.6 Å². The van der Waals surface area contributed by atoms with Gasteiger partial charge in [0, 0.05) is 0 Å². The highest BCUT2D eigenvalue weighted by Crippen LogP contribution is 2.74. The largest absolute Gasteiger partial charge is 0.184 e. The number of fused-ring (bicyclic) bond motifs is 1. The molecule has 3 atom stereocenters. The third-order valence-corrected chi connectivity index (χ3v) is 6.74. The molecule has 2 saturated carbocycles. The minimum atomic E-state index is 0.495. The van der Waals surface area contributed by atoms with Crippen molar-refractivity contribution in [1.82, 2.24) is 0 Å². The minimum absolute atomic E-state index is 0.495. The van der Waals surface area contributed by atoms with Gasteiger partial charge in [-0.1, -0.05) is 50.5 Å². The van der Waals surface area contributed by atoms with Gasteiger partial charge in [-0.05, 0) is 41.4 Å². The fraction of sp³-hybridized carbons (Fsp3) is 0.867. The number of rotatable bonds is 0. The maximum absolute atomic E-state index is 2.66. The van der Waals surface area contributed by atoms with Crippen molar-refractivity contribution in [1.29, 1.82) is 0 Å². The predicted octanol–water partition coefficient (Wildman–Crippen LogP) is 3.86.